The van der Waals surface area contributed by atoms with Gasteiger partial charge in [0.15, 0.2) is 0 Å². The maximum Gasteiger partial charge on any atom is 0.335 e. The van der Waals surface area contributed by atoms with E-state index in [1.165, 1.54) is 18.2 Å². The molecule has 2 heterocycles. The first-order valence-electron chi connectivity index (χ1n) is 8.88. The van der Waals surface area contributed by atoms with Gasteiger partial charge in [-0.15, -0.1) is 0 Å². The number of carbonyl (C=O) groups is 4. The van der Waals surface area contributed by atoms with Crippen LogP contribution >= 0.6 is 11.6 Å². The van der Waals surface area contributed by atoms with Gasteiger partial charge in [-0.3, -0.25) is 19.7 Å². The van der Waals surface area contributed by atoms with E-state index in [1.807, 2.05) is 0 Å². The molecule has 0 atom stereocenters. The maximum absolute atomic E-state index is 13.0. The van der Waals surface area contributed by atoms with E-state index in [1.54, 1.807) is 47.2 Å². The number of barbiturate groups is 1. The van der Waals surface area contributed by atoms with Gasteiger partial charge < -0.3 is 10.3 Å². The number of halogens is 1. The lowest BCUT2D eigenvalue weighted by Gasteiger charge is -2.26. The average molecular weight is 423 g/mol. The standard InChI is InChI=1S/C21H15ClN4O4/c22-13-4-3-5-14(9-13)26-20(29)16(19(28)24-21(26)30)8-12-10-25(11-18(23)27)17-7-2-1-6-15(12)17/h1-10H,11H2,(H2,23,27)(H,24,28,30). The quantitative estimate of drug-likeness (QED) is 0.496. The van der Waals surface area contributed by atoms with E-state index >= 15 is 0 Å². The first-order valence-corrected chi connectivity index (χ1v) is 9.26. The lowest BCUT2D eigenvalue weighted by molar-refractivity contribution is -0.122. The van der Waals surface area contributed by atoms with Crippen LogP contribution in [-0.2, 0) is 20.9 Å². The Bertz CT molecular complexity index is 1260. The highest BCUT2D eigenvalue weighted by Gasteiger charge is 2.37. The van der Waals surface area contributed by atoms with Crippen molar-refractivity contribution in [3.8, 4) is 0 Å². The number of aromatic nitrogens is 1. The molecule has 1 aromatic heterocycles. The Morgan fingerprint density at radius 1 is 1.10 bits per heavy atom. The van der Waals surface area contributed by atoms with E-state index in [2.05, 4.69) is 5.32 Å². The fourth-order valence-electron chi connectivity index (χ4n) is 3.35. The Kier molecular flexibility index (Phi) is 4.85. The largest absolute Gasteiger partial charge is 0.368 e. The Labute approximate surface area is 175 Å². The van der Waals surface area contributed by atoms with Crippen LogP contribution in [0.25, 0.3) is 17.0 Å². The number of urea groups is 1. The molecule has 1 fully saturated rings. The molecule has 0 spiro atoms. The minimum Gasteiger partial charge on any atom is -0.368 e. The molecular weight excluding hydrogens is 408 g/mol. The molecule has 150 valence electrons. The molecule has 1 aliphatic heterocycles. The first-order chi connectivity index (χ1) is 14.3. The molecule has 1 aliphatic rings. The molecular formula is C21H15ClN4O4. The summed E-state index contributed by atoms with van der Waals surface area (Å²) in [5.41, 5.74) is 6.58. The van der Waals surface area contributed by atoms with Crippen molar-refractivity contribution in [2.75, 3.05) is 4.90 Å². The summed E-state index contributed by atoms with van der Waals surface area (Å²) in [5.74, 6) is -2.12. The number of primary amides is 1. The number of hydrogen-bond donors (Lipinski definition) is 2. The van der Waals surface area contributed by atoms with Crippen molar-refractivity contribution in [1.82, 2.24) is 9.88 Å². The van der Waals surface area contributed by atoms with Crippen LogP contribution in [0, 0.1) is 0 Å². The highest BCUT2D eigenvalue weighted by molar-refractivity contribution is 6.39. The zero-order valence-corrected chi connectivity index (χ0v) is 16.2. The van der Waals surface area contributed by atoms with Crippen LogP contribution in [0.4, 0.5) is 10.5 Å². The zero-order chi connectivity index (χ0) is 21.4. The molecule has 2 aromatic carbocycles. The van der Waals surface area contributed by atoms with Gasteiger partial charge in [0.2, 0.25) is 5.91 Å². The van der Waals surface area contributed by atoms with Crippen LogP contribution in [0.1, 0.15) is 5.56 Å². The van der Waals surface area contributed by atoms with Gasteiger partial charge in [-0.25, -0.2) is 9.69 Å². The van der Waals surface area contributed by atoms with Crippen molar-refractivity contribution in [3.05, 3.63) is 70.9 Å². The van der Waals surface area contributed by atoms with Crippen molar-refractivity contribution >= 4 is 58.0 Å². The Hall–Kier alpha value is -3.91. The van der Waals surface area contributed by atoms with Gasteiger partial charge in [-0.05, 0) is 30.3 Å². The number of nitrogens with zero attached hydrogens (tertiary/aromatic N) is 2. The number of carbonyl (C=O) groups excluding carboxylic acids is 4. The summed E-state index contributed by atoms with van der Waals surface area (Å²) in [6.45, 7) is -0.0586. The van der Waals surface area contributed by atoms with Crippen LogP contribution in [0.15, 0.2) is 60.3 Å². The molecule has 0 radical (unpaired) electrons. The minimum atomic E-state index is -0.861. The summed E-state index contributed by atoms with van der Waals surface area (Å²) in [4.78, 5) is 50.0. The Morgan fingerprint density at radius 2 is 1.87 bits per heavy atom. The predicted molar refractivity (Wildman–Crippen MR) is 112 cm³/mol. The first kappa shape index (κ1) is 19.4. The topological polar surface area (TPSA) is 114 Å². The second-order valence-electron chi connectivity index (χ2n) is 6.63. The molecule has 4 rings (SSSR count). The molecule has 0 bridgehead atoms. The van der Waals surface area contributed by atoms with Crippen molar-refractivity contribution in [3.63, 3.8) is 0 Å². The van der Waals surface area contributed by atoms with E-state index in [0.717, 1.165) is 15.8 Å². The fraction of sp³-hybridized carbons (Fsp3) is 0.0476. The van der Waals surface area contributed by atoms with Gasteiger partial charge >= 0.3 is 6.03 Å². The number of nitrogens with one attached hydrogen (secondary N) is 1. The van der Waals surface area contributed by atoms with E-state index in [4.69, 9.17) is 17.3 Å². The lowest BCUT2D eigenvalue weighted by atomic mass is 10.1. The third-order valence-electron chi connectivity index (χ3n) is 4.61. The summed E-state index contributed by atoms with van der Waals surface area (Å²) in [7, 11) is 0. The Morgan fingerprint density at radius 3 is 2.60 bits per heavy atom. The van der Waals surface area contributed by atoms with Crippen molar-refractivity contribution in [2.45, 2.75) is 6.54 Å². The summed E-state index contributed by atoms with van der Waals surface area (Å²) in [5, 5.41) is 3.23. The molecule has 30 heavy (non-hydrogen) atoms. The molecule has 3 aromatic rings. The normalized spacial score (nSPS) is 15.7. The van der Waals surface area contributed by atoms with Crippen LogP contribution in [0.2, 0.25) is 5.02 Å². The number of benzene rings is 2. The second-order valence-corrected chi connectivity index (χ2v) is 7.07. The molecule has 5 amide bonds. The average Bonchev–Trinajstić information content (AvgIpc) is 3.02. The highest BCUT2D eigenvalue weighted by Crippen LogP contribution is 2.27. The van der Waals surface area contributed by atoms with Crippen LogP contribution in [-0.4, -0.2) is 28.3 Å². The Balaban J connectivity index is 1.81. The number of para-hydroxylation sites is 1. The van der Waals surface area contributed by atoms with Crippen LogP contribution < -0.4 is 16.0 Å². The molecule has 0 saturated carbocycles. The number of hydrogen-bond acceptors (Lipinski definition) is 4. The number of imide groups is 2. The zero-order valence-electron chi connectivity index (χ0n) is 15.5. The lowest BCUT2D eigenvalue weighted by Crippen LogP contribution is -2.54. The number of fused-ring (bicyclic) bond motifs is 1. The van der Waals surface area contributed by atoms with E-state index in [9.17, 15) is 19.2 Å². The van der Waals surface area contributed by atoms with Crippen molar-refractivity contribution in [1.29, 1.82) is 0 Å². The summed E-state index contributed by atoms with van der Waals surface area (Å²) in [6.07, 6.45) is 3.02. The molecule has 1 saturated heterocycles. The third kappa shape index (κ3) is 3.44. The van der Waals surface area contributed by atoms with E-state index in [-0.39, 0.29) is 17.8 Å². The summed E-state index contributed by atoms with van der Waals surface area (Å²) >= 11 is 5.97. The SMILES string of the molecule is NC(=O)Cn1cc(C=C2C(=O)NC(=O)N(c3cccc(Cl)c3)C2=O)c2ccccc21. The van der Waals surface area contributed by atoms with Gasteiger partial charge in [-0.2, -0.15) is 0 Å². The van der Waals surface area contributed by atoms with Gasteiger partial charge in [0.05, 0.1) is 5.69 Å². The predicted octanol–water partition coefficient (Wildman–Crippen LogP) is 2.45. The minimum absolute atomic E-state index is 0.0586. The number of nitrogens with two attached hydrogens (primary N) is 1. The smallest absolute Gasteiger partial charge is 0.335 e. The summed E-state index contributed by atoms with van der Waals surface area (Å²) < 4.78 is 1.63. The van der Waals surface area contributed by atoms with Crippen LogP contribution in [0.3, 0.4) is 0 Å². The molecule has 0 aliphatic carbocycles. The molecule has 3 N–H and O–H groups in total. The second kappa shape index (κ2) is 7.49. The molecule has 9 heteroatoms. The highest BCUT2D eigenvalue weighted by atomic mass is 35.5. The molecule has 8 nitrogen and oxygen atoms in total. The summed E-state index contributed by atoms with van der Waals surface area (Å²) in [6, 6.07) is 12.5. The van der Waals surface area contributed by atoms with Crippen molar-refractivity contribution < 1.29 is 19.2 Å². The fourth-order valence-corrected chi connectivity index (χ4v) is 3.54. The number of anilines is 1. The van der Waals surface area contributed by atoms with Gasteiger partial charge in [0.25, 0.3) is 11.8 Å². The monoisotopic (exact) mass is 422 g/mol. The number of amides is 5. The van der Waals surface area contributed by atoms with Gasteiger partial charge in [0.1, 0.15) is 12.1 Å². The van der Waals surface area contributed by atoms with E-state index < -0.39 is 23.8 Å². The maximum atomic E-state index is 13.0. The van der Waals surface area contributed by atoms with Gasteiger partial charge in [-0.1, -0.05) is 35.9 Å². The van der Waals surface area contributed by atoms with Crippen LogP contribution in [0.5, 0.6) is 0 Å². The number of rotatable bonds is 4. The third-order valence-corrected chi connectivity index (χ3v) is 4.85. The van der Waals surface area contributed by atoms with E-state index in [0.29, 0.717) is 10.6 Å². The molecule has 0 unspecified atom stereocenters. The van der Waals surface area contributed by atoms with Gasteiger partial charge in [0, 0.05) is 27.7 Å². The van der Waals surface area contributed by atoms with Crippen molar-refractivity contribution in [2.24, 2.45) is 5.73 Å².